The van der Waals surface area contributed by atoms with E-state index < -0.39 is 0 Å². The number of rotatable bonds is 3. The van der Waals surface area contributed by atoms with E-state index in [0.29, 0.717) is 55.5 Å². The zero-order valence-corrected chi connectivity index (χ0v) is 19.2. The zero-order valence-electron chi connectivity index (χ0n) is 18.4. The predicted octanol–water partition coefficient (Wildman–Crippen LogP) is 2.01. The molecule has 1 N–H and O–H groups in total. The number of hydrogen-bond donors (Lipinski definition) is 1. The number of anilines is 2. The molecule has 2 aromatic rings. The Morgan fingerprint density at radius 3 is 2.56 bits per heavy atom. The van der Waals surface area contributed by atoms with Crippen LogP contribution in [0.3, 0.4) is 0 Å². The topological polar surface area (TPSA) is 100 Å². The Morgan fingerprint density at radius 2 is 1.91 bits per heavy atom. The lowest BCUT2D eigenvalue weighted by Gasteiger charge is -2.37. The van der Waals surface area contributed by atoms with Crippen LogP contribution in [0.5, 0.6) is 5.75 Å². The minimum absolute atomic E-state index is 0.183. The summed E-state index contributed by atoms with van der Waals surface area (Å²) in [6.07, 6.45) is 3.98. The summed E-state index contributed by atoms with van der Waals surface area (Å²) < 4.78 is 11.8. The van der Waals surface area contributed by atoms with Crippen molar-refractivity contribution in [2.24, 2.45) is 5.41 Å². The maximum atomic E-state index is 12.9. The monoisotopic (exact) mass is 460 g/mol. The highest BCUT2D eigenvalue weighted by Gasteiger charge is 2.47. The Bertz CT molecular complexity index is 1030. The number of thiazole rings is 1. The van der Waals surface area contributed by atoms with Crippen molar-refractivity contribution >= 4 is 44.4 Å². The fraction of sp³-hybridized carbons (Fsp3) is 0.619. The van der Waals surface area contributed by atoms with Crippen LogP contribution in [0, 0.1) is 5.41 Å². The molecule has 3 fully saturated rings. The Hall–Kier alpha value is -2.66. The molecule has 1 spiro atoms. The van der Waals surface area contributed by atoms with Crippen molar-refractivity contribution in [3.8, 4) is 5.75 Å². The molecule has 3 aliphatic heterocycles. The van der Waals surface area contributed by atoms with Gasteiger partial charge >= 0.3 is 6.03 Å². The van der Waals surface area contributed by atoms with Gasteiger partial charge in [-0.2, -0.15) is 0 Å². The van der Waals surface area contributed by atoms with E-state index >= 15 is 0 Å². The Balaban J connectivity index is 1.32. The van der Waals surface area contributed by atoms with Gasteiger partial charge in [0.1, 0.15) is 16.0 Å². The molecule has 0 unspecified atom stereocenters. The van der Waals surface area contributed by atoms with E-state index in [2.05, 4.69) is 20.2 Å². The van der Waals surface area contributed by atoms with Crippen LogP contribution in [-0.4, -0.2) is 91.8 Å². The van der Waals surface area contributed by atoms with Crippen molar-refractivity contribution in [1.29, 1.82) is 0 Å². The van der Waals surface area contributed by atoms with Crippen LogP contribution in [0.25, 0.3) is 10.2 Å². The lowest BCUT2D eigenvalue weighted by molar-refractivity contribution is -0.136. The fourth-order valence-corrected chi connectivity index (χ4v) is 5.83. The van der Waals surface area contributed by atoms with Gasteiger partial charge < -0.3 is 24.2 Å². The Kier molecular flexibility index (Phi) is 5.54. The normalized spacial score (nSPS) is 20.9. The molecule has 0 aliphatic carbocycles. The molecule has 5 heterocycles. The fourth-order valence-electron chi connectivity index (χ4n) is 4.85. The standard InChI is InChI=1S/C21H28N6O4S/c1-25-6-3-21(18(25)28)4-7-27(8-5-21)20(29)24-19-23-15-14(30-2)13-22-17(16(15)32-19)26-9-11-31-12-10-26/h13H,3-12H2,1-2H3,(H,23,24,29). The first-order valence-corrected chi connectivity index (χ1v) is 11.8. The van der Waals surface area contributed by atoms with Gasteiger partial charge in [0, 0.05) is 39.8 Å². The number of pyridine rings is 1. The molecule has 0 bridgehead atoms. The molecule has 2 aromatic heterocycles. The van der Waals surface area contributed by atoms with Gasteiger partial charge in [-0.05, 0) is 19.3 Å². The first kappa shape index (κ1) is 21.2. The average molecular weight is 461 g/mol. The van der Waals surface area contributed by atoms with Gasteiger partial charge in [-0.3, -0.25) is 10.1 Å². The Labute approximate surface area is 190 Å². The molecule has 3 amide bonds. The molecule has 32 heavy (non-hydrogen) atoms. The van der Waals surface area contributed by atoms with Crippen LogP contribution < -0.4 is 15.0 Å². The molecule has 11 heteroatoms. The summed E-state index contributed by atoms with van der Waals surface area (Å²) in [7, 11) is 3.45. The molecular formula is C21H28N6O4S. The first-order chi connectivity index (χ1) is 15.5. The second-order valence-electron chi connectivity index (χ2n) is 8.62. The first-order valence-electron chi connectivity index (χ1n) is 11.0. The molecule has 0 aromatic carbocycles. The number of amides is 3. The number of nitrogens with one attached hydrogen (secondary N) is 1. The van der Waals surface area contributed by atoms with Crippen LogP contribution in [0.2, 0.25) is 0 Å². The van der Waals surface area contributed by atoms with Gasteiger partial charge in [-0.1, -0.05) is 11.3 Å². The van der Waals surface area contributed by atoms with Crippen LogP contribution >= 0.6 is 11.3 Å². The summed E-state index contributed by atoms with van der Waals surface area (Å²) in [5.41, 5.74) is 0.412. The van der Waals surface area contributed by atoms with Gasteiger partial charge in [0.25, 0.3) is 0 Å². The number of carbonyl (C=O) groups excluding carboxylic acids is 2. The van der Waals surface area contributed by atoms with Crippen molar-refractivity contribution < 1.29 is 19.1 Å². The third kappa shape index (κ3) is 3.62. The molecule has 3 aliphatic rings. The minimum Gasteiger partial charge on any atom is -0.493 e. The zero-order chi connectivity index (χ0) is 22.3. The summed E-state index contributed by atoms with van der Waals surface area (Å²) >= 11 is 1.40. The highest BCUT2D eigenvalue weighted by molar-refractivity contribution is 7.23. The van der Waals surface area contributed by atoms with Crippen LogP contribution in [0.15, 0.2) is 6.20 Å². The van der Waals surface area contributed by atoms with E-state index in [-0.39, 0.29) is 17.4 Å². The number of hydrogen-bond acceptors (Lipinski definition) is 8. The second kappa shape index (κ2) is 8.36. The summed E-state index contributed by atoms with van der Waals surface area (Å²) in [5.74, 6) is 1.64. The number of methoxy groups -OCH3 is 1. The number of fused-ring (bicyclic) bond motifs is 1. The van der Waals surface area contributed by atoms with Gasteiger partial charge in [0.2, 0.25) is 5.91 Å². The molecule has 10 nitrogen and oxygen atoms in total. The van der Waals surface area contributed by atoms with E-state index in [1.54, 1.807) is 18.2 Å². The number of urea groups is 1. The maximum Gasteiger partial charge on any atom is 0.323 e. The Morgan fingerprint density at radius 1 is 1.19 bits per heavy atom. The van der Waals surface area contributed by atoms with E-state index in [9.17, 15) is 9.59 Å². The van der Waals surface area contributed by atoms with E-state index in [0.717, 1.165) is 36.6 Å². The molecular weight excluding hydrogens is 432 g/mol. The van der Waals surface area contributed by atoms with E-state index in [1.807, 2.05) is 11.9 Å². The summed E-state index contributed by atoms with van der Waals surface area (Å²) in [5, 5.41) is 3.47. The SMILES string of the molecule is COc1cnc(N2CCOCC2)c2sc(NC(=O)N3CCC4(CCN(C)C4=O)CC3)nc12. The molecule has 0 saturated carbocycles. The largest absolute Gasteiger partial charge is 0.493 e. The quantitative estimate of drug-likeness (QED) is 0.748. The lowest BCUT2D eigenvalue weighted by atomic mass is 9.77. The maximum absolute atomic E-state index is 12.9. The lowest BCUT2D eigenvalue weighted by Crippen LogP contribution is -2.47. The van der Waals surface area contributed by atoms with Gasteiger partial charge in [-0.25, -0.2) is 14.8 Å². The van der Waals surface area contributed by atoms with Crippen LogP contribution in [0.4, 0.5) is 15.7 Å². The van der Waals surface area contributed by atoms with Crippen LogP contribution in [-0.2, 0) is 9.53 Å². The van der Waals surface area contributed by atoms with Crippen molar-refractivity contribution in [3.63, 3.8) is 0 Å². The van der Waals surface area contributed by atoms with Crippen LogP contribution in [0.1, 0.15) is 19.3 Å². The minimum atomic E-state index is -0.284. The summed E-state index contributed by atoms with van der Waals surface area (Å²) in [6, 6.07) is -0.183. The second-order valence-corrected chi connectivity index (χ2v) is 9.62. The highest BCUT2D eigenvalue weighted by Crippen LogP contribution is 2.41. The van der Waals surface area contributed by atoms with Gasteiger partial charge in [-0.15, -0.1) is 0 Å². The third-order valence-corrected chi connectivity index (χ3v) is 7.81. The number of ether oxygens (including phenoxy) is 2. The molecule has 5 rings (SSSR count). The van der Waals surface area contributed by atoms with E-state index in [1.165, 1.54) is 11.3 Å². The number of morpholine rings is 1. The molecule has 0 radical (unpaired) electrons. The van der Waals surface area contributed by atoms with Crippen molar-refractivity contribution in [2.75, 3.05) is 70.3 Å². The smallest absolute Gasteiger partial charge is 0.323 e. The third-order valence-electron chi connectivity index (χ3n) is 6.85. The summed E-state index contributed by atoms with van der Waals surface area (Å²) in [6.45, 7) is 4.78. The number of carbonyl (C=O) groups is 2. The van der Waals surface area contributed by atoms with Crippen molar-refractivity contribution in [2.45, 2.75) is 19.3 Å². The molecule has 0 atom stereocenters. The van der Waals surface area contributed by atoms with E-state index in [4.69, 9.17) is 9.47 Å². The van der Waals surface area contributed by atoms with Crippen molar-refractivity contribution in [1.82, 2.24) is 19.8 Å². The van der Waals surface area contributed by atoms with Crippen molar-refractivity contribution in [3.05, 3.63) is 6.20 Å². The number of nitrogens with zero attached hydrogens (tertiary/aromatic N) is 5. The summed E-state index contributed by atoms with van der Waals surface area (Å²) in [4.78, 5) is 40.5. The van der Waals surface area contributed by atoms with Gasteiger partial charge in [0.05, 0.1) is 31.9 Å². The molecule has 172 valence electrons. The average Bonchev–Trinajstić information content (AvgIpc) is 3.36. The highest BCUT2D eigenvalue weighted by atomic mass is 32.1. The number of aromatic nitrogens is 2. The van der Waals surface area contributed by atoms with Gasteiger partial charge in [0.15, 0.2) is 10.9 Å². The predicted molar refractivity (Wildman–Crippen MR) is 122 cm³/mol. The number of piperidine rings is 1. The number of likely N-dealkylation sites (tertiary alicyclic amines) is 2. The molecule has 3 saturated heterocycles.